The first-order chi connectivity index (χ1) is 17.0. The number of benzene rings is 2. The molecule has 1 N–H and O–H groups in total. The van der Waals surface area contributed by atoms with E-state index in [1.165, 1.54) is 10.6 Å². The maximum absolute atomic E-state index is 13.4. The number of sulfonamides is 1. The monoisotopic (exact) mass is 577 g/mol. The Morgan fingerprint density at radius 1 is 1.11 bits per heavy atom. The van der Waals surface area contributed by atoms with Crippen molar-refractivity contribution < 1.29 is 18.0 Å². The smallest absolute Gasteiger partial charge is 0.242 e. The number of hydrogen-bond acceptors (Lipinski definition) is 4. The molecule has 3 rings (SSSR count). The van der Waals surface area contributed by atoms with E-state index in [-0.39, 0.29) is 30.8 Å². The molecule has 0 radical (unpaired) electrons. The molecule has 0 spiro atoms. The van der Waals surface area contributed by atoms with Gasteiger partial charge in [0.25, 0.3) is 0 Å². The molecular weight excluding hydrogens is 542 g/mol. The van der Waals surface area contributed by atoms with Crippen LogP contribution in [0.3, 0.4) is 0 Å². The Morgan fingerprint density at radius 2 is 1.78 bits per heavy atom. The zero-order valence-corrected chi connectivity index (χ0v) is 23.6. The molecule has 9 heteroatoms. The quantitative estimate of drug-likeness (QED) is 0.416. The fourth-order valence-corrected chi connectivity index (χ4v) is 5.77. The standard InChI is InChI=1S/C27H36BrN3O4S/c1-20-8-6-11-25(18-20)31(36(3,34)35)17-7-12-26(32)30(19-22-13-15-23(28)16-14-22)21(2)27(33)29-24-9-4-5-10-24/h6,8,11,13-16,18,21,24H,4-5,7,9-10,12,17,19H2,1-3H3,(H,29,33)/t21-/m0/s1. The molecule has 2 aromatic carbocycles. The van der Waals surface area contributed by atoms with Gasteiger partial charge in [0.15, 0.2) is 0 Å². The summed E-state index contributed by atoms with van der Waals surface area (Å²) >= 11 is 3.43. The molecule has 1 saturated carbocycles. The third-order valence-corrected chi connectivity index (χ3v) is 8.30. The first-order valence-corrected chi connectivity index (χ1v) is 15.1. The van der Waals surface area contributed by atoms with Gasteiger partial charge in [-0.3, -0.25) is 13.9 Å². The lowest BCUT2D eigenvalue weighted by molar-refractivity contribution is -0.141. The predicted molar refractivity (Wildman–Crippen MR) is 147 cm³/mol. The summed E-state index contributed by atoms with van der Waals surface area (Å²) in [5, 5.41) is 3.10. The molecule has 0 aromatic heterocycles. The van der Waals surface area contributed by atoms with Crippen LogP contribution in [-0.2, 0) is 26.2 Å². The van der Waals surface area contributed by atoms with Crippen molar-refractivity contribution in [2.75, 3.05) is 17.1 Å². The van der Waals surface area contributed by atoms with Crippen molar-refractivity contribution in [3.8, 4) is 0 Å². The molecule has 0 aliphatic heterocycles. The highest BCUT2D eigenvalue weighted by Crippen LogP contribution is 2.21. The number of aryl methyl sites for hydroxylation is 1. The Bertz CT molecular complexity index is 1150. The average Bonchev–Trinajstić information content (AvgIpc) is 3.33. The lowest BCUT2D eigenvalue weighted by Crippen LogP contribution is -2.49. The number of carbonyl (C=O) groups excluding carboxylic acids is 2. The summed E-state index contributed by atoms with van der Waals surface area (Å²) in [6, 6.07) is 14.5. The van der Waals surface area contributed by atoms with Crippen LogP contribution >= 0.6 is 15.9 Å². The molecule has 196 valence electrons. The lowest BCUT2D eigenvalue weighted by atomic mass is 10.1. The molecule has 36 heavy (non-hydrogen) atoms. The number of nitrogens with zero attached hydrogens (tertiary/aromatic N) is 2. The van der Waals surface area contributed by atoms with Gasteiger partial charge in [0.2, 0.25) is 21.8 Å². The molecule has 7 nitrogen and oxygen atoms in total. The second kappa shape index (κ2) is 12.7. The van der Waals surface area contributed by atoms with Crippen molar-refractivity contribution in [2.24, 2.45) is 0 Å². The van der Waals surface area contributed by atoms with Crippen LogP contribution in [0.2, 0.25) is 0 Å². The molecule has 2 amide bonds. The van der Waals surface area contributed by atoms with Gasteiger partial charge < -0.3 is 10.2 Å². The zero-order valence-electron chi connectivity index (χ0n) is 21.2. The summed E-state index contributed by atoms with van der Waals surface area (Å²) in [4.78, 5) is 28.0. The molecular formula is C27H36BrN3O4S. The SMILES string of the molecule is Cc1cccc(N(CCCC(=O)N(Cc2ccc(Br)cc2)[C@@H](C)C(=O)NC2CCCC2)S(C)(=O)=O)c1. The van der Waals surface area contributed by atoms with Crippen LogP contribution in [0.1, 0.15) is 56.6 Å². The first-order valence-electron chi connectivity index (χ1n) is 12.4. The molecule has 1 atom stereocenters. The van der Waals surface area contributed by atoms with Crippen LogP contribution in [0.5, 0.6) is 0 Å². The number of anilines is 1. The van der Waals surface area contributed by atoms with Crippen molar-refractivity contribution >= 4 is 43.5 Å². The Balaban J connectivity index is 1.71. The number of halogens is 1. The molecule has 0 saturated heterocycles. The van der Waals surface area contributed by atoms with Gasteiger partial charge in [-0.25, -0.2) is 8.42 Å². The van der Waals surface area contributed by atoms with E-state index < -0.39 is 16.1 Å². The predicted octanol–water partition coefficient (Wildman–Crippen LogP) is 4.78. The van der Waals surface area contributed by atoms with Crippen LogP contribution < -0.4 is 9.62 Å². The molecule has 0 heterocycles. The minimum atomic E-state index is -3.51. The number of amides is 2. The second-order valence-electron chi connectivity index (χ2n) is 9.59. The first kappa shape index (κ1) is 28.2. The van der Waals surface area contributed by atoms with Gasteiger partial charge in [0.05, 0.1) is 11.9 Å². The van der Waals surface area contributed by atoms with E-state index in [2.05, 4.69) is 21.2 Å². The highest BCUT2D eigenvalue weighted by molar-refractivity contribution is 9.10. The van der Waals surface area contributed by atoms with E-state index in [1.807, 2.05) is 49.4 Å². The van der Waals surface area contributed by atoms with E-state index in [4.69, 9.17) is 0 Å². The van der Waals surface area contributed by atoms with Crippen molar-refractivity contribution in [1.82, 2.24) is 10.2 Å². The van der Waals surface area contributed by atoms with Gasteiger partial charge in [0.1, 0.15) is 6.04 Å². The summed E-state index contributed by atoms with van der Waals surface area (Å²) < 4.78 is 27.2. The highest BCUT2D eigenvalue weighted by atomic mass is 79.9. The second-order valence-corrected chi connectivity index (χ2v) is 12.4. The summed E-state index contributed by atoms with van der Waals surface area (Å²) in [6.45, 7) is 4.16. The molecule has 0 bridgehead atoms. The van der Waals surface area contributed by atoms with Crippen LogP contribution in [0.25, 0.3) is 0 Å². The van der Waals surface area contributed by atoms with Crippen LogP contribution in [0.4, 0.5) is 5.69 Å². The minimum Gasteiger partial charge on any atom is -0.352 e. The summed E-state index contributed by atoms with van der Waals surface area (Å²) in [7, 11) is -3.51. The van der Waals surface area contributed by atoms with Gasteiger partial charge in [-0.15, -0.1) is 0 Å². The van der Waals surface area contributed by atoms with Crippen LogP contribution in [0, 0.1) is 6.92 Å². The number of carbonyl (C=O) groups is 2. The van der Waals surface area contributed by atoms with Crippen molar-refractivity contribution in [1.29, 1.82) is 0 Å². The third kappa shape index (κ3) is 8.06. The van der Waals surface area contributed by atoms with Gasteiger partial charge in [-0.2, -0.15) is 0 Å². The zero-order chi connectivity index (χ0) is 26.3. The fourth-order valence-electron chi connectivity index (χ4n) is 4.55. The topological polar surface area (TPSA) is 86.8 Å². The van der Waals surface area contributed by atoms with Crippen molar-refractivity contribution in [2.45, 2.75) is 71.0 Å². The van der Waals surface area contributed by atoms with E-state index in [9.17, 15) is 18.0 Å². The van der Waals surface area contributed by atoms with Crippen LogP contribution in [-0.4, -0.2) is 50.0 Å². The Morgan fingerprint density at radius 3 is 2.39 bits per heavy atom. The van der Waals surface area contributed by atoms with E-state index in [0.717, 1.165) is 41.3 Å². The van der Waals surface area contributed by atoms with Gasteiger partial charge in [0, 0.05) is 30.0 Å². The fraction of sp³-hybridized carbons (Fsp3) is 0.481. The molecule has 1 fully saturated rings. The summed E-state index contributed by atoms with van der Waals surface area (Å²) in [6.07, 6.45) is 5.81. The van der Waals surface area contributed by atoms with Crippen molar-refractivity contribution in [3.05, 3.63) is 64.1 Å². The molecule has 1 aliphatic carbocycles. The van der Waals surface area contributed by atoms with Crippen molar-refractivity contribution in [3.63, 3.8) is 0 Å². The number of rotatable bonds is 11. The summed E-state index contributed by atoms with van der Waals surface area (Å²) in [5.74, 6) is -0.324. The number of hydrogen-bond donors (Lipinski definition) is 1. The molecule has 2 aromatic rings. The number of nitrogens with one attached hydrogen (secondary N) is 1. The van der Waals surface area contributed by atoms with E-state index in [0.29, 0.717) is 18.7 Å². The lowest BCUT2D eigenvalue weighted by Gasteiger charge is -2.30. The maximum atomic E-state index is 13.4. The van der Waals surface area contributed by atoms with Gasteiger partial charge in [-0.1, -0.05) is 53.0 Å². The Kier molecular flexibility index (Phi) is 9.96. The van der Waals surface area contributed by atoms with Gasteiger partial charge in [-0.05, 0) is 68.5 Å². The third-order valence-electron chi connectivity index (χ3n) is 6.58. The molecule has 1 aliphatic rings. The average molecular weight is 579 g/mol. The normalized spacial score (nSPS) is 14.9. The minimum absolute atomic E-state index is 0.134. The molecule has 0 unspecified atom stereocenters. The maximum Gasteiger partial charge on any atom is 0.242 e. The van der Waals surface area contributed by atoms with E-state index in [1.54, 1.807) is 17.9 Å². The Labute approximate surface area is 223 Å². The van der Waals surface area contributed by atoms with Crippen LogP contribution in [0.15, 0.2) is 53.0 Å². The van der Waals surface area contributed by atoms with E-state index >= 15 is 0 Å². The highest BCUT2D eigenvalue weighted by Gasteiger charge is 2.28. The van der Waals surface area contributed by atoms with Gasteiger partial charge >= 0.3 is 0 Å². The largest absolute Gasteiger partial charge is 0.352 e. The summed E-state index contributed by atoms with van der Waals surface area (Å²) in [5.41, 5.74) is 2.46. The Hall–Kier alpha value is -2.39.